The Morgan fingerprint density at radius 1 is 1.36 bits per heavy atom. The number of carbonyl (C=O) groups is 1. The second-order valence-electron chi connectivity index (χ2n) is 5.89. The van der Waals surface area contributed by atoms with Gasteiger partial charge >= 0.3 is 0 Å². The summed E-state index contributed by atoms with van der Waals surface area (Å²) in [6, 6.07) is 10.5. The van der Waals surface area contributed by atoms with Gasteiger partial charge in [0.15, 0.2) is 0 Å². The average Bonchev–Trinajstić information content (AvgIpc) is 3.00. The summed E-state index contributed by atoms with van der Waals surface area (Å²) in [5.74, 6) is 0.447. The Morgan fingerprint density at radius 3 is 2.91 bits per heavy atom. The largest absolute Gasteiger partial charge is 0.371 e. The molecule has 1 aliphatic rings. The van der Waals surface area contributed by atoms with Crippen LogP contribution in [0.1, 0.15) is 23.3 Å². The van der Waals surface area contributed by atoms with Crippen molar-refractivity contribution in [1.29, 1.82) is 0 Å². The summed E-state index contributed by atoms with van der Waals surface area (Å²) in [6.45, 7) is 2.80. The molecule has 0 aliphatic carbocycles. The van der Waals surface area contributed by atoms with E-state index in [1.54, 1.807) is 17.1 Å². The van der Waals surface area contributed by atoms with Crippen molar-refractivity contribution in [3.63, 3.8) is 0 Å². The number of aromatic nitrogens is 2. The second-order valence-corrected chi connectivity index (χ2v) is 5.89. The van der Waals surface area contributed by atoms with Crippen LogP contribution >= 0.6 is 0 Å². The van der Waals surface area contributed by atoms with Crippen LogP contribution in [0.4, 0.5) is 5.69 Å². The number of nitrogens with one attached hydrogen (secondary N) is 1. The van der Waals surface area contributed by atoms with Crippen molar-refractivity contribution in [2.75, 3.05) is 24.5 Å². The summed E-state index contributed by atoms with van der Waals surface area (Å²) in [7, 11) is 1.83. The van der Waals surface area contributed by atoms with E-state index in [0.29, 0.717) is 18.2 Å². The maximum absolute atomic E-state index is 12.1. The minimum Gasteiger partial charge on any atom is -0.371 e. The summed E-state index contributed by atoms with van der Waals surface area (Å²) in [5, 5.41) is 3.04. The van der Waals surface area contributed by atoms with E-state index in [4.69, 9.17) is 0 Å². The quantitative estimate of drug-likeness (QED) is 0.940. The first-order chi connectivity index (χ1) is 10.7. The SMILES string of the molecule is Cn1cncc1C(=O)NCC1CCCN(c2ccccc2)C1. The summed E-state index contributed by atoms with van der Waals surface area (Å²) in [4.78, 5) is 18.5. The predicted octanol–water partition coefficient (Wildman–Crippen LogP) is 2.07. The number of aryl methyl sites for hydroxylation is 1. The number of imidazole rings is 1. The fourth-order valence-corrected chi connectivity index (χ4v) is 3.01. The molecule has 1 atom stereocenters. The van der Waals surface area contributed by atoms with Gasteiger partial charge in [0.2, 0.25) is 0 Å². The first kappa shape index (κ1) is 14.6. The monoisotopic (exact) mass is 298 g/mol. The van der Waals surface area contributed by atoms with Crippen LogP contribution in [0.2, 0.25) is 0 Å². The number of hydrogen-bond acceptors (Lipinski definition) is 3. The molecule has 1 amide bonds. The highest BCUT2D eigenvalue weighted by Gasteiger charge is 2.21. The Balaban J connectivity index is 1.55. The lowest BCUT2D eigenvalue weighted by Gasteiger charge is -2.34. The number of hydrogen-bond donors (Lipinski definition) is 1. The van der Waals surface area contributed by atoms with Crippen molar-refractivity contribution >= 4 is 11.6 Å². The number of rotatable bonds is 4. The summed E-state index contributed by atoms with van der Waals surface area (Å²) < 4.78 is 1.74. The fraction of sp³-hybridized carbons (Fsp3) is 0.412. The van der Waals surface area contributed by atoms with E-state index >= 15 is 0 Å². The van der Waals surface area contributed by atoms with Gasteiger partial charge < -0.3 is 14.8 Å². The Hall–Kier alpha value is -2.30. The Labute approximate surface area is 131 Å². The molecule has 2 aromatic rings. The number of nitrogens with zero attached hydrogens (tertiary/aromatic N) is 3. The van der Waals surface area contributed by atoms with E-state index in [9.17, 15) is 4.79 Å². The molecule has 0 saturated carbocycles. The highest BCUT2D eigenvalue weighted by molar-refractivity contribution is 5.92. The Morgan fingerprint density at radius 2 is 2.18 bits per heavy atom. The van der Waals surface area contributed by atoms with E-state index in [2.05, 4.69) is 39.5 Å². The number of piperidine rings is 1. The number of para-hydroxylation sites is 1. The van der Waals surface area contributed by atoms with Gasteiger partial charge in [0.1, 0.15) is 5.69 Å². The smallest absolute Gasteiger partial charge is 0.269 e. The van der Waals surface area contributed by atoms with Crippen LogP contribution in [0.15, 0.2) is 42.9 Å². The maximum Gasteiger partial charge on any atom is 0.269 e. The molecule has 1 N–H and O–H groups in total. The third-order valence-corrected chi connectivity index (χ3v) is 4.24. The molecule has 5 nitrogen and oxygen atoms in total. The maximum atomic E-state index is 12.1. The van der Waals surface area contributed by atoms with Gasteiger partial charge in [0.05, 0.1) is 12.5 Å². The standard InChI is InChI=1S/C17H22N4O/c1-20-13-18-11-16(20)17(22)19-10-14-6-5-9-21(12-14)15-7-3-2-4-8-15/h2-4,7-8,11,13-14H,5-6,9-10,12H2,1H3,(H,19,22). The summed E-state index contributed by atoms with van der Waals surface area (Å²) >= 11 is 0. The molecule has 2 heterocycles. The average molecular weight is 298 g/mol. The van der Waals surface area contributed by atoms with Crippen LogP contribution in [0, 0.1) is 5.92 Å². The fourth-order valence-electron chi connectivity index (χ4n) is 3.01. The van der Waals surface area contributed by atoms with Crippen LogP contribution in [0.5, 0.6) is 0 Å². The van der Waals surface area contributed by atoms with Gasteiger partial charge in [-0.25, -0.2) is 4.98 Å². The molecule has 0 bridgehead atoms. The minimum atomic E-state index is -0.0446. The second kappa shape index (κ2) is 6.64. The van der Waals surface area contributed by atoms with Gasteiger partial charge in [-0.2, -0.15) is 0 Å². The van der Waals surface area contributed by atoms with E-state index in [-0.39, 0.29) is 5.91 Å². The number of benzene rings is 1. The highest BCUT2D eigenvalue weighted by Crippen LogP contribution is 2.22. The normalized spacial score (nSPS) is 18.2. The van der Waals surface area contributed by atoms with Gasteiger partial charge in [-0.1, -0.05) is 18.2 Å². The van der Waals surface area contributed by atoms with Crippen LogP contribution < -0.4 is 10.2 Å². The Kier molecular flexibility index (Phi) is 4.42. The van der Waals surface area contributed by atoms with Crippen LogP contribution in [0.25, 0.3) is 0 Å². The van der Waals surface area contributed by atoms with Gasteiger partial charge in [-0.3, -0.25) is 4.79 Å². The van der Waals surface area contributed by atoms with E-state index < -0.39 is 0 Å². The summed E-state index contributed by atoms with van der Waals surface area (Å²) in [6.07, 6.45) is 5.58. The van der Waals surface area contributed by atoms with Crippen LogP contribution in [-0.2, 0) is 7.05 Å². The van der Waals surface area contributed by atoms with Gasteiger partial charge in [-0.15, -0.1) is 0 Å². The zero-order valence-electron chi connectivity index (χ0n) is 12.9. The molecule has 1 aromatic heterocycles. The van der Waals surface area contributed by atoms with Crippen molar-refractivity contribution in [1.82, 2.24) is 14.9 Å². The first-order valence-electron chi connectivity index (χ1n) is 7.78. The third kappa shape index (κ3) is 3.30. The van der Waals surface area contributed by atoms with E-state index in [1.165, 1.54) is 12.1 Å². The minimum absolute atomic E-state index is 0.0446. The van der Waals surface area contributed by atoms with Gasteiger partial charge in [-0.05, 0) is 30.9 Å². The molecule has 1 unspecified atom stereocenters. The highest BCUT2D eigenvalue weighted by atomic mass is 16.1. The molecule has 1 aromatic carbocycles. The number of carbonyl (C=O) groups excluding carboxylic acids is 1. The lowest BCUT2D eigenvalue weighted by Crippen LogP contribution is -2.41. The van der Waals surface area contributed by atoms with Crippen LogP contribution in [0.3, 0.4) is 0 Å². The zero-order valence-corrected chi connectivity index (χ0v) is 12.9. The van der Waals surface area contributed by atoms with Gasteiger partial charge in [0.25, 0.3) is 5.91 Å². The first-order valence-corrected chi connectivity index (χ1v) is 7.78. The van der Waals surface area contributed by atoms with Crippen molar-refractivity contribution < 1.29 is 4.79 Å². The third-order valence-electron chi connectivity index (χ3n) is 4.24. The molecule has 5 heteroatoms. The van der Waals surface area contributed by atoms with Crippen molar-refractivity contribution in [2.45, 2.75) is 12.8 Å². The van der Waals surface area contributed by atoms with Crippen LogP contribution in [-0.4, -0.2) is 35.1 Å². The molecule has 0 spiro atoms. The van der Waals surface area contributed by atoms with E-state index in [0.717, 1.165) is 19.5 Å². The molecule has 1 fully saturated rings. The molecule has 3 rings (SSSR count). The molecule has 1 saturated heterocycles. The van der Waals surface area contributed by atoms with E-state index in [1.807, 2.05) is 13.1 Å². The van der Waals surface area contributed by atoms with Gasteiger partial charge in [0, 0.05) is 32.4 Å². The molecule has 1 aliphatic heterocycles. The lowest BCUT2D eigenvalue weighted by atomic mass is 9.97. The Bertz CT molecular complexity index is 623. The van der Waals surface area contributed by atoms with Crippen molar-refractivity contribution in [2.24, 2.45) is 13.0 Å². The lowest BCUT2D eigenvalue weighted by molar-refractivity contribution is 0.0937. The zero-order chi connectivity index (χ0) is 15.4. The summed E-state index contributed by atoms with van der Waals surface area (Å²) in [5.41, 5.74) is 1.88. The topological polar surface area (TPSA) is 50.2 Å². The number of anilines is 1. The molecule has 22 heavy (non-hydrogen) atoms. The van der Waals surface area contributed by atoms with Crippen molar-refractivity contribution in [3.05, 3.63) is 48.5 Å². The molecule has 116 valence electrons. The van der Waals surface area contributed by atoms with Crippen molar-refractivity contribution in [3.8, 4) is 0 Å². The molecule has 0 radical (unpaired) electrons. The predicted molar refractivity (Wildman–Crippen MR) is 86.9 cm³/mol. The molecular formula is C17H22N4O. The molecular weight excluding hydrogens is 276 g/mol. The number of amides is 1.